The molecule has 1 heterocycles. The van der Waals surface area contributed by atoms with Gasteiger partial charge in [0.1, 0.15) is 11.6 Å². The molecule has 1 aromatic heterocycles. The van der Waals surface area contributed by atoms with Gasteiger partial charge in [-0.3, -0.25) is 0 Å². The van der Waals surface area contributed by atoms with Crippen LogP contribution in [-0.2, 0) is 6.42 Å². The van der Waals surface area contributed by atoms with E-state index in [2.05, 4.69) is 15.0 Å². The third kappa shape index (κ3) is 2.98. The number of nitrogens with two attached hydrogens (primary N) is 1. The van der Waals surface area contributed by atoms with Gasteiger partial charge in [-0.05, 0) is 31.6 Å². The molecule has 2 saturated carbocycles. The van der Waals surface area contributed by atoms with Gasteiger partial charge in [0.15, 0.2) is 0 Å². The lowest BCUT2D eigenvalue weighted by Gasteiger charge is -2.13. The van der Waals surface area contributed by atoms with E-state index in [1.165, 1.54) is 51.4 Å². The Morgan fingerprint density at radius 3 is 2.28 bits per heavy atom. The molecule has 4 nitrogen and oxygen atoms in total. The number of rotatable bonds is 3. The highest BCUT2D eigenvalue weighted by Crippen LogP contribution is 2.33. The zero-order valence-electron chi connectivity index (χ0n) is 10.9. The predicted octanol–water partition coefficient (Wildman–Crippen LogP) is 2.84. The van der Waals surface area contributed by atoms with E-state index in [1.807, 2.05) is 0 Å². The molecule has 18 heavy (non-hydrogen) atoms. The van der Waals surface area contributed by atoms with Gasteiger partial charge in [-0.1, -0.05) is 25.7 Å². The monoisotopic (exact) mass is 246 g/mol. The molecule has 98 valence electrons. The Kier molecular flexibility index (Phi) is 3.43. The highest BCUT2D eigenvalue weighted by atomic mass is 15.1. The zero-order valence-corrected chi connectivity index (χ0v) is 10.9. The third-order valence-electron chi connectivity index (χ3n) is 4.10. The van der Waals surface area contributed by atoms with Crippen LogP contribution < -0.4 is 5.73 Å². The molecule has 0 radical (unpaired) electrons. The molecule has 2 N–H and O–H groups in total. The lowest BCUT2D eigenvalue weighted by Crippen LogP contribution is -2.11. The number of nitrogens with zero attached hydrogens (tertiary/aromatic N) is 3. The topological polar surface area (TPSA) is 64.7 Å². The summed E-state index contributed by atoms with van der Waals surface area (Å²) in [5.41, 5.74) is 5.84. The van der Waals surface area contributed by atoms with Gasteiger partial charge < -0.3 is 5.73 Å². The maximum absolute atomic E-state index is 5.84. The van der Waals surface area contributed by atoms with E-state index in [9.17, 15) is 0 Å². The van der Waals surface area contributed by atoms with E-state index in [-0.39, 0.29) is 0 Å². The van der Waals surface area contributed by atoms with Crippen molar-refractivity contribution in [3.63, 3.8) is 0 Å². The van der Waals surface area contributed by atoms with E-state index in [0.717, 1.165) is 24.0 Å². The Hall–Kier alpha value is -1.19. The highest BCUT2D eigenvalue weighted by Gasteiger charge is 2.24. The molecule has 2 fully saturated rings. The minimum atomic E-state index is 0.417. The van der Waals surface area contributed by atoms with Crippen LogP contribution in [0.3, 0.4) is 0 Å². The van der Waals surface area contributed by atoms with Crippen molar-refractivity contribution < 1.29 is 0 Å². The molecule has 0 bridgehead atoms. The summed E-state index contributed by atoms with van der Waals surface area (Å²) in [5, 5.41) is 0. The van der Waals surface area contributed by atoms with Crippen LogP contribution in [0, 0.1) is 5.92 Å². The van der Waals surface area contributed by atoms with Crippen LogP contribution in [0.4, 0.5) is 5.95 Å². The van der Waals surface area contributed by atoms with Gasteiger partial charge in [-0.25, -0.2) is 4.98 Å². The average molecular weight is 246 g/mol. The molecular weight excluding hydrogens is 224 g/mol. The van der Waals surface area contributed by atoms with Crippen molar-refractivity contribution in [3.8, 4) is 0 Å². The van der Waals surface area contributed by atoms with Crippen LogP contribution in [0.1, 0.15) is 68.9 Å². The largest absolute Gasteiger partial charge is 0.368 e. The fourth-order valence-corrected chi connectivity index (χ4v) is 2.85. The molecule has 2 aliphatic rings. The Bertz CT molecular complexity index is 406. The molecule has 0 aromatic carbocycles. The van der Waals surface area contributed by atoms with Gasteiger partial charge in [0.05, 0.1) is 0 Å². The van der Waals surface area contributed by atoms with Crippen molar-refractivity contribution in [2.75, 3.05) is 5.73 Å². The fourth-order valence-electron chi connectivity index (χ4n) is 2.85. The second kappa shape index (κ2) is 5.21. The molecule has 2 aliphatic carbocycles. The van der Waals surface area contributed by atoms with Gasteiger partial charge in [0.25, 0.3) is 0 Å². The van der Waals surface area contributed by atoms with Crippen molar-refractivity contribution in [1.29, 1.82) is 0 Å². The number of anilines is 1. The zero-order chi connectivity index (χ0) is 12.4. The molecule has 0 unspecified atom stereocenters. The van der Waals surface area contributed by atoms with Gasteiger partial charge in [-0.2, -0.15) is 9.97 Å². The lowest BCUT2D eigenvalue weighted by atomic mass is 9.99. The summed E-state index contributed by atoms with van der Waals surface area (Å²) in [4.78, 5) is 13.3. The Morgan fingerprint density at radius 2 is 1.61 bits per heavy atom. The van der Waals surface area contributed by atoms with Crippen molar-refractivity contribution in [2.45, 2.75) is 63.7 Å². The SMILES string of the molecule is Nc1nc(CC2CC2)nc(C2CCCCCC2)n1. The maximum Gasteiger partial charge on any atom is 0.223 e. The molecule has 0 spiro atoms. The van der Waals surface area contributed by atoms with Crippen LogP contribution in [0.2, 0.25) is 0 Å². The van der Waals surface area contributed by atoms with E-state index in [1.54, 1.807) is 0 Å². The van der Waals surface area contributed by atoms with Gasteiger partial charge in [0.2, 0.25) is 5.95 Å². The van der Waals surface area contributed by atoms with Gasteiger partial charge in [-0.15, -0.1) is 0 Å². The number of aromatic nitrogens is 3. The van der Waals surface area contributed by atoms with Crippen LogP contribution >= 0.6 is 0 Å². The second-order valence-electron chi connectivity index (χ2n) is 5.80. The van der Waals surface area contributed by atoms with Crippen LogP contribution in [-0.4, -0.2) is 15.0 Å². The molecule has 0 atom stereocenters. The quantitative estimate of drug-likeness (QED) is 0.833. The molecule has 4 heteroatoms. The molecular formula is C14H22N4. The average Bonchev–Trinajstić information content (AvgIpc) is 3.13. The van der Waals surface area contributed by atoms with Crippen LogP contribution in [0.25, 0.3) is 0 Å². The Labute approximate surface area is 108 Å². The van der Waals surface area contributed by atoms with Crippen molar-refractivity contribution in [1.82, 2.24) is 15.0 Å². The summed E-state index contributed by atoms with van der Waals surface area (Å²) in [6, 6.07) is 0. The normalized spacial score (nSPS) is 21.8. The van der Waals surface area contributed by atoms with E-state index in [4.69, 9.17) is 5.73 Å². The first kappa shape index (κ1) is 11.9. The summed E-state index contributed by atoms with van der Waals surface area (Å²) >= 11 is 0. The van der Waals surface area contributed by atoms with Crippen molar-refractivity contribution in [2.24, 2.45) is 5.92 Å². The molecule has 0 aliphatic heterocycles. The predicted molar refractivity (Wildman–Crippen MR) is 71.1 cm³/mol. The summed E-state index contributed by atoms with van der Waals surface area (Å²) in [6.07, 6.45) is 11.4. The first-order chi connectivity index (χ1) is 8.81. The second-order valence-corrected chi connectivity index (χ2v) is 5.80. The van der Waals surface area contributed by atoms with Gasteiger partial charge in [0, 0.05) is 12.3 Å². The third-order valence-corrected chi connectivity index (χ3v) is 4.10. The number of hydrogen-bond donors (Lipinski definition) is 1. The maximum atomic E-state index is 5.84. The van der Waals surface area contributed by atoms with E-state index >= 15 is 0 Å². The molecule has 3 rings (SSSR count). The molecule has 1 aromatic rings. The van der Waals surface area contributed by atoms with Crippen molar-refractivity contribution >= 4 is 5.95 Å². The Balaban J connectivity index is 1.78. The van der Waals surface area contributed by atoms with Crippen LogP contribution in [0.15, 0.2) is 0 Å². The summed E-state index contributed by atoms with van der Waals surface area (Å²) in [5.74, 6) is 3.61. The summed E-state index contributed by atoms with van der Waals surface area (Å²) in [6.45, 7) is 0. The Morgan fingerprint density at radius 1 is 0.889 bits per heavy atom. The van der Waals surface area contributed by atoms with E-state index < -0.39 is 0 Å². The molecule has 0 saturated heterocycles. The first-order valence-corrected chi connectivity index (χ1v) is 7.31. The minimum absolute atomic E-state index is 0.417. The lowest BCUT2D eigenvalue weighted by molar-refractivity contribution is 0.552. The minimum Gasteiger partial charge on any atom is -0.368 e. The number of hydrogen-bond acceptors (Lipinski definition) is 4. The first-order valence-electron chi connectivity index (χ1n) is 7.31. The number of nitrogen functional groups attached to an aromatic ring is 1. The standard InChI is InChI=1S/C14H22N4/c15-14-17-12(9-10-7-8-10)16-13(18-14)11-5-3-1-2-4-6-11/h10-11H,1-9H2,(H2,15,16,17,18). The smallest absolute Gasteiger partial charge is 0.223 e. The highest BCUT2D eigenvalue weighted by molar-refractivity contribution is 5.18. The van der Waals surface area contributed by atoms with Gasteiger partial charge >= 0.3 is 0 Å². The van der Waals surface area contributed by atoms with Crippen LogP contribution in [0.5, 0.6) is 0 Å². The molecule has 0 amide bonds. The summed E-state index contributed by atoms with van der Waals surface area (Å²) < 4.78 is 0. The van der Waals surface area contributed by atoms with Crippen molar-refractivity contribution in [3.05, 3.63) is 11.6 Å². The fraction of sp³-hybridized carbons (Fsp3) is 0.786. The summed E-state index contributed by atoms with van der Waals surface area (Å²) in [7, 11) is 0. The van der Waals surface area contributed by atoms with E-state index in [0.29, 0.717) is 11.9 Å².